The fourth-order valence-electron chi connectivity index (χ4n) is 2.55. The molecule has 7 nitrogen and oxygen atoms in total. The van der Waals surface area contributed by atoms with Crippen molar-refractivity contribution in [2.45, 2.75) is 13.3 Å². The lowest BCUT2D eigenvalue weighted by atomic mass is 10.2. The van der Waals surface area contributed by atoms with E-state index in [-0.39, 0.29) is 24.1 Å². The number of nitrogens with one attached hydrogen (secondary N) is 3. The van der Waals surface area contributed by atoms with Crippen LogP contribution in [0.2, 0.25) is 0 Å². The highest BCUT2D eigenvalue weighted by atomic mass is 16.5. The maximum atomic E-state index is 12.2. The summed E-state index contributed by atoms with van der Waals surface area (Å²) in [6.45, 7) is 2.80. The van der Waals surface area contributed by atoms with E-state index in [1.54, 1.807) is 42.5 Å². The molecule has 2 aromatic carbocycles. The van der Waals surface area contributed by atoms with E-state index in [1.807, 2.05) is 25.1 Å². The van der Waals surface area contributed by atoms with E-state index in [0.29, 0.717) is 23.7 Å². The topological polar surface area (TPSA) is 92.6 Å². The smallest absolute Gasteiger partial charge is 0.291 e. The fourth-order valence-corrected chi connectivity index (χ4v) is 2.55. The molecule has 0 spiro atoms. The molecule has 0 aliphatic rings. The van der Waals surface area contributed by atoms with Crippen LogP contribution in [0.4, 0.5) is 17.1 Å². The van der Waals surface area contributed by atoms with E-state index < -0.39 is 0 Å². The second kappa shape index (κ2) is 9.98. The van der Waals surface area contributed by atoms with Gasteiger partial charge in [0.1, 0.15) is 5.75 Å². The maximum absolute atomic E-state index is 12.2. The van der Waals surface area contributed by atoms with E-state index in [1.165, 1.54) is 6.26 Å². The van der Waals surface area contributed by atoms with Gasteiger partial charge in [0.25, 0.3) is 5.91 Å². The SMILES string of the molecule is CCCOc1ccc(NC(=O)CNc2cccc(NC(=O)c3ccco3)c2)cc1. The van der Waals surface area contributed by atoms with Crippen molar-refractivity contribution in [3.05, 3.63) is 72.7 Å². The van der Waals surface area contributed by atoms with Crippen LogP contribution in [0.3, 0.4) is 0 Å². The molecule has 0 aliphatic carbocycles. The van der Waals surface area contributed by atoms with Crippen LogP contribution in [0.15, 0.2) is 71.3 Å². The summed E-state index contributed by atoms with van der Waals surface area (Å²) in [6.07, 6.45) is 2.38. The van der Waals surface area contributed by atoms with E-state index in [4.69, 9.17) is 9.15 Å². The number of furan rings is 1. The van der Waals surface area contributed by atoms with Crippen LogP contribution in [0.1, 0.15) is 23.9 Å². The van der Waals surface area contributed by atoms with Crippen LogP contribution < -0.4 is 20.7 Å². The molecule has 0 bridgehead atoms. The molecule has 0 fully saturated rings. The normalized spacial score (nSPS) is 10.2. The van der Waals surface area contributed by atoms with Crippen molar-refractivity contribution in [1.29, 1.82) is 0 Å². The van der Waals surface area contributed by atoms with Crippen molar-refractivity contribution in [1.82, 2.24) is 0 Å². The summed E-state index contributed by atoms with van der Waals surface area (Å²) in [7, 11) is 0. The first-order valence-corrected chi connectivity index (χ1v) is 9.35. The molecule has 7 heteroatoms. The molecule has 0 radical (unpaired) electrons. The second-order valence-corrected chi connectivity index (χ2v) is 6.29. The summed E-state index contributed by atoms with van der Waals surface area (Å²) in [5.41, 5.74) is 2.00. The lowest BCUT2D eigenvalue weighted by Gasteiger charge is -2.10. The van der Waals surface area contributed by atoms with Crippen molar-refractivity contribution < 1.29 is 18.7 Å². The Bertz CT molecular complexity index is 937. The summed E-state index contributed by atoms with van der Waals surface area (Å²) >= 11 is 0. The molecule has 1 aromatic heterocycles. The van der Waals surface area contributed by atoms with E-state index in [0.717, 1.165) is 12.2 Å². The van der Waals surface area contributed by atoms with E-state index in [2.05, 4.69) is 16.0 Å². The zero-order chi connectivity index (χ0) is 20.5. The van der Waals surface area contributed by atoms with Crippen molar-refractivity contribution >= 4 is 28.9 Å². The average Bonchev–Trinajstić information content (AvgIpc) is 3.27. The van der Waals surface area contributed by atoms with Crippen LogP contribution >= 0.6 is 0 Å². The summed E-state index contributed by atoms with van der Waals surface area (Å²) in [5.74, 6) is 0.485. The highest BCUT2D eigenvalue weighted by Crippen LogP contribution is 2.17. The van der Waals surface area contributed by atoms with Gasteiger partial charge in [-0.2, -0.15) is 0 Å². The number of anilines is 3. The summed E-state index contributed by atoms with van der Waals surface area (Å²) in [6, 6.07) is 17.6. The number of hydrogen-bond acceptors (Lipinski definition) is 5. The van der Waals surface area contributed by atoms with Gasteiger partial charge in [-0.25, -0.2) is 0 Å². The van der Waals surface area contributed by atoms with Crippen molar-refractivity contribution in [2.24, 2.45) is 0 Å². The Morgan fingerprint density at radius 2 is 1.72 bits per heavy atom. The number of benzene rings is 2. The fraction of sp³-hybridized carbons (Fsp3) is 0.182. The molecule has 3 aromatic rings. The number of ether oxygens (including phenoxy) is 1. The van der Waals surface area contributed by atoms with Gasteiger partial charge in [-0.05, 0) is 61.0 Å². The molecule has 0 saturated carbocycles. The third kappa shape index (κ3) is 6.14. The van der Waals surface area contributed by atoms with Crippen LogP contribution in [0.5, 0.6) is 5.75 Å². The van der Waals surface area contributed by atoms with Crippen LogP contribution in [0, 0.1) is 0 Å². The summed E-state index contributed by atoms with van der Waals surface area (Å²) in [4.78, 5) is 24.2. The lowest BCUT2D eigenvalue weighted by molar-refractivity contribution is -0.114. The highest BCUT2D eigenvalue weighted by Gasteiger charge is 2.09. The monoisotopic (exact) mass is 393 g/mol. The first-order valence-electron chi connectivity index (χ1n) is 9.35. The van der Waals surface area contributed by atoms with Gasteiger partial charge in [0.15, 0.2) is 5.76 Å². The van der Waals surface area contributed by atoms with Gasteiger partial charge < -0.3 is 25.1 Å². The zero-order valence-electron chi connectivity index (χ0n) is 16.1. The largest absolute Gasteiger partial charge is 0.494 e. The van der Waals surface area contributed by atoms with Crippen molar-refractivity contribution in [3.8, 4) is 5.75 Å². The Hall–Kier alpha value is -3.74. The van der Waals surface area contributed by atoms with Gasteiger partial charge in [-0.15, -0.1) is 0 Å². The molecule has 3 N–H and O–H groups in total. The van der Waals surface area contributed by atoms with E-state index in [9.17, 15) is 9.59 Å². The quantitative estimate of drug-likeness (QED) is 0.502. The first-order chi connectivity index (χ1) is 14.1. The Morgan fingerprint density at radius 3 is 2.45 bits per heavy atom. The van der Waals surface area contributed by atoms with E-state index >= 15 is 0 Å². The van der Waals surface area contributed by atoms with Crippen molar-refractivity contribution in [2.75, 3.05) is 29.1 Å². The molecule has 0 saturated heterocycles. The number of amides is 2. The third-order valence-electron chi connectivity index (χ3n) is 3.93. The van der Waals surface area contributed by atoms with Crippen LogP contribution in [0.25, 0.3) is 0 Å². The minimum absolute atomic E-state index is 0.0870. The average molecular weight is 393 g/mol. The summed E-state index contributed by atoms with van der Waals surface area (Å²) < 4.78 is 10.6. The highest BCUT2D eigenvalue weighted by molar-refractivity contribution is 6.02. The summed E-state index contributed by atoms with van der Waals surface area (Å²) in [5, 5.41) is 8.61. The minimum Gasteiger partial charge on any atom is -0.494 e. The zero-order valence-corrected chi connectivity index (χ0v) is 16.1. The minimum atomic E-state index is -0.337. The molecule has 1 heterocycles. The standard InChI is InChI=1S/C22H23N3O4/c1-2-12-28-19-10-8-16(9-11-19)24-21(26)15-23-17-5-3-6-18(14-17)25-22(27)20-7-4-13-29-20/h3-11,13-14,23H,2,12,15H2,1H3,(H,24,26)(H,25,27). The lowest BCUT2D eigenvalue weighted by Crippen LogP contribution is -2.21. The number of hydrogen-bond donors (Lipinski definition) is 3. The third-order valence-corrected chi connectivity index (χ3v) is 3.93. The Labute approximate surface area is 169 Å². The predicted molar refractivity (Wildman–Crippen MR) is 112 cm³/mol. The van der Waals surface area contributed by atoms with Crippen molar-refractivity contribution in [3.63, 3.8) is 0 Å². The molecular formula is C22H23N3O4. The maximum Gasteiger partial charge on any atom is 0.291 e. The molecule has 0 atom stereocenters. The first kappa shape index (κ1) is 20.0. The number of carbonyl (C=O) groups excluding carboxylic acids is 2. The van der Waals surface area contributed by atoms with Crippen LogP contribution in [-0.2, 0) is 4.79 Å². The van der Waals surface area contributed by atoms with Gasteiger partial charge in [-0.1, -0.05) is 13.0 Å². The Balaban J connectivity index is 1.49. The second-order valence-electron chi connectivity index (χ2n) is 6.29. The molecule has 29 heavy (non-hydrogen) atoms. The molecule has 150 valence electrons. The van der Waals surface area contributed by atoms with Gasteiger partial charge in [0.2, 0.25) is 5.91 Å². The van der Waals surface area contributed by atoms with Crippen LogP contribution in [-0.4, -0.2) is 25.0 Å². The molecule has 2 amide bonds. The molecule has 0 unspecified atom stereocenters. The number of carbonyl (C=O) groups is 2. The molecular weight excluding hydrogens is 370 g/mol. The van der Waals surface area contributed by atoms with Gasteiger partial charge in [0, 0.05) is 17.1 Å². The predicted octanol–water partition coefficient (Wildman–Crippen LogP) is 4.37. The van der Waals surface area contributed by atoms with Gasteiger partial charge >= 0.3 is 0 Å². The Kier molecular flexibility index (Phi) is 6.89. The Morgan fingerprint density at radius 1 is 0.931 bits per heavy atom. The van der Waals surface area contributed by atoms with Gasteiger partial charge in [0.05, 0.1) is 19.4 Å². The van der Waals surface area contributed by atoms with Gasteiger partial charge in [-0.3, -0.25) is 9.59 Å². The molecule has 0 aliphatic heterocycles. The number of rotatable bonds is 9. The molecule has 3 rings (SSSR count).